The van der Waals surface area contributed by atoms with Crippen molar-refractivity contribution in [3.63, 3.8) is 0 Å². The Labute approximate surface area is 119 Å². The molecule has 2 heteroatoms. The first-order chi connectivity index (χ1) is 9.68. The van der Waals surface area contributed by atoms with Crippen molar-refractivity contribution in [3.8, 4) is 0 Å². The molecule has 20 heavy (non-hydrogen) atoms. The summed E-state index contributed by atoms with van der Waals surface area (Å²) in [5.41, 5.74) is 6.21. The number of hydrogen-bond acceptors (Lipinski definition) is 2. The van der Waals surface area contributed by atoms with Gasteiger partial charge in [-0.05, 0) is 49.4 Å². The Kier molecular flexibility index (Phi) is 3.31. The van der Waals surface area contributed by atoms with Crippen molar-refractivity contribution in [2.75, 3.05) is 11.9 Å². The number of rotatable bonds is 2. The summed E-state index contributed by atoms with van der Waals surface area (Å²) >= 11 is 0. The molecule has 0 fully saturated rings. The van der Waals surface area contributed by atoms with Crippen molar-refractivity contribution < 1.29 is 4.79 Å². The topological polar surface area (TPSA) is 29.1 Å². The van der Waals surface area contributed by atoms with E-state index < -0.39 is 0 Å². The van der Waals surface area contributed by atoms with E-state index in [1.54, 1.807) is 0 Å². The van der Waals surface area contributed by atoms with Crippen LogP contribution in [0.2, 0.25) is 0 Å². The lowest BCUT2D eigenvalue weighted by Crippen LogP contribution is -2.16. The van der Waals surface area contributed by atoms with Gasteiger partial charge < -0.3 is 5.32 Å². The molecule has 0 bridgehead atoms. The standard InChI is InChI=1S/C18H19NO/c1-12-6-3-7-14(13(12)2)18(20)16-8-4-10-17-15(16)9-5-11-19-17/h3-4,6-8,10,19H,5,9,11H2,1-2H3. The molecule has 0 aliphatic carbocycles. The van der Waals surface area contributed by atoms with Crippen LogP contribution in [0, 0.1) is 13.8 Å². The maximum Gasteiger partial charge on any atom is 0.193 e. The highest BCUT2D eigenvalue weighted by atomic mass is 16.1. The molecule has 0 aromatic heterocycles. The third kappa shape index (κ3) is 2.11. The Morgan fingerprint density at radius 2 is 1.80 bits per heavy atom. The molecule has 0 unspecified atom stereocenters. The second-order valence-corrected chi connectivity index (χ2v) is 5.44. The monoisotopic (exact) mass is 265 g/mol. The number of aryl methyl sites for hydroxylation is 1. The summed E-state index contributed by atoms with van der Waals surface area (Å²) in [5.74, 6) is 0.145. The predicted octanol–water partition coefficient (Wildman–Crippen LogP) is 3.89. The molecule has 0 radical (unpaired) electrons. The molecular weight excluding hydrogens is 246 g/mol. The zero-order valence-electron chi connectivity index (χ0n) is 12.0. The van der Waals surface area contributed by atoms with Crippen molar-refractivity contribution in [1.29, 1.82) is 0 Å². The van der Waals surface area contributed by atoms with Crippen LogP contribution in [0.25, 0.3) is 0 Å². The molecule has 0 spiro atoms. The summed E-state index contributed by atoms with van der Waals surface area (Å²) in [6.07, 6.45) is 2.07. The fraction of sp³-hybridized carbons (Fsp3) is 0.278. The first kappa shape index (κ1) is 12.9. The molecule has 0 atom stereocenters. The smallest absolute Gasteiger partial charge is 0.193 e. The Bertz CT molecular complexity index is 673. The maximum atomic E-state index is 12.9. The van der Waals surface area contributed by atoms with Gasteiger partial charge >= 0.3 is 0 Å². The van der Waals surface area contributed by atoms with Crippen molar-refractivity contribution in [2.24, 2.45) is 0 Å². The first-order valence-electron chi connectivity index (χ1n) is 7.15. The SMILES string of the molecule is Cc1cccc(C(=O)c2cccc3c2CCCN3)c1C. The van der Waals surface area contributed by atoms with Crippen molar-refractivity contribution in [2.45, 2.75) is 26.7 Å². The molecule has 0 saturated heterocycles. The second-order valence-electron chi connectivity index (χ2n) is 5.44. The lowest BCUT2D eigenvalue weighted by atomic mass is 9.90. The van der Waals surface area contributed by atoms with Gasteiger partial charge in [-0.25, -0.2) is 0 Å². The van der Waals surface area contributed by atoms with E-state index in [-0.39, 0.29) is 5.78 Å². The largest absolute Gasteiger partial charge is 0.385 e. The number of fused-ring (bicyclic) bond motifs is 1. The highest BCUT2D eigenvalue weighted by Crippen LogP contribution is 2.28. The van der Waals surface area contributed by atoms with E-state index in [1.165, 1.54) is 11.1 Å². The van der Waals surface area contributed by atoms with Gasteiger partial charge in [-0.3, -0.25) is 4.79 Å². The first-order valence-corrected chi connectivity index (χ1v) is 7.15. The van der Waals surface area contributed by atoms with Gasteiger partial charge in [0.25, 0.3) is 0 Å². The lowest BCUT2D eigenvalue weighted by Gasteiger charge is -2.20. The summed E-state index contributed by atoms with van der Waals surface area (Å²) < 4.78 is 0. The zero-order chi connectivity index (χ0) is 14.1. The third-order valence-corrected chi connectivity index (χ3v) is 4.19. The van der Waals surface area contributed by atoms with Gasteiger partial charge in [0.1, 0.15) is 0 Å². The number of nitrogens with one attached hydrogen (secondary N) is 1. The maximum absolute atomic E-state index is 12.9. The van der Waals surface area contributed by atoms with Crippen LogP contribution in [0.1, 0.15) is 39.0 Å². The normalized spacial score (nSPS) is 13.5. The van der Waals surface area contributed by atoms with E-state index >= 15 is 0 Å². The lowest BCUT2D eigenvalue weighted by molar-refractivity contribution is 0.103. The van der Waals surface area contributed by atoms with Crippen LogP contribution < -0.4 is 5.32 Å². The molecule has 3 rings (SSSR count). The molecule has 0 amide bonds. The molecule has 2 aromatic carbocycles. The van der Waals surface area contributed by atoms with Crippen LogP contribution in [-0.2, 0) is 6.42 Å². The number of benzene rings is 2. The Balaban J connectivity index is 2.09. The fourth-order valence-corrected chi connectivity index (χ4v) is 2.86. The minimum absolute atomic E-state index is 0.145. The minimum atomic E-state index is 0.145. The summed E-state index contributed by atoms with van der Waals surface area (Å²) in [4.78, 5) is 12.9. The van der Waals surface area contributed by atoms with Gasteiger partial charge in [-0.2, -0.15) is 0 Å². The second kappa shape index (κ2) is 5.12. The molecule has 1 heterocycles. The van der Waals surface area contributed by atoms with Gasteiger partial charge in [0, 0.05) is 23.4 Å². The minimum Gasteiger partial charge on any atom is -0.385 e. The molecule has 0 saturated carbocycles. The van der Waals surface area contributed by atoms with Crippen molar-refractivity contribution in [1.82, 2.24) is 0 Å². The zero-order valence-corrected chi connectivity index (χ0v) is 12.0. The quantitative estimate of drug-likeness (QED) is 0.835. The van der Waals surface area contributed by atoms with Gasteiger partial charge in [0.05, 0.1) is 0 Å². The van der Waals surface area contributed by atoms with E-state index in [0.29, 0.717) is 0 Å². The molecular formula is C18H19NO. The van der Waals surface area contributed by atoms with E-state index in [9.17, 15) is 4.79 Å². The highest BCUT2D eigenvalue weighted by molar-refractivity contribution is 6.11. The molecule has 2 nitrogen and oxygen atoms in total. The Morgan fingerprint density at radius 1 is 1.05 bits per heavy atom. The average molecular weight is 265 g/mol. The summed E-state index contributed by atoms with van der Waals surface area (Å²) in [6, 6.07) is 11.9. The van der Waals surface area contributed by atoms with Crippen LogP contribution in [0.4, 0.5) is 5.69 Å². The number of carbonyl (C=O) groups excluding carboxylic acids is 1. The van der Waals surface area contributed by atoms with E-state index in [0.717, 1.165) is 41.8 Å². The highest BCUT2D eigenvalue weighted by Gasteiger charge is 2.19. The average Bonchev–Trinajstić information content (AvgIpc) is 2.49. The van der Waals surface area contributed by atoms with Crippen LogP contribution in [-0.4, -0.2) is 12.3 Å². The molecule has 1 aliphatic heterocycles. The van der Waals surface area contributed by atoms with Crippen LogP contribution in [0.5, 0.6) is 0 Å². The summed E-state index contributed by atoms with van der Waals surface area (Å²) in [6.45, 7) is 5.07. The van der Waals surface area contributed by atoms with Crippen LogP contribution >= 0.6 is 0 Å². The van der Waals surface area contributed by atoms with Gasteiger partial charge in [0.15, 0.2) is 5.78 Å². The van der Waals surface area contributed by atoms with E-state index in [4.69, 9.17) is 0 Å². The molecule has 2 aromatic rings. The molecule has 1 N–H and O–H groups in total. The summed E-state index contributed by atoms with van der Waals surface area (Å²) in [7, 11) is 0. The number of anilines is 1. The third-order valence-electron chi connectivity index (χ3n) is 4.19. The van der Waals surface area contributed by atoms with Crippen LogP contribution in [0.15, 0.2) is 36.4 Å². The Morgan fingerprint density at radius 3 is 2.65 bits per heavy atom. The van der Waals surface area contributed by atoms with Crippen molar-refractivity contribution in [3.05, 3.63) is 64.2 Å². The van der Waals surface area contributed by atoms with Crippen molar-refractivity contribution >= 4 is 11.5 Å². The molecule has 1 aliphatic rings. The number of hydrogen-bond donors (Lipinski definition) is 1. The predicted molar refractivity (Wildman–Crippen MR) is 82.6 cm³/mol. The summed E-state index contributed by atoms with van der Waals surface area (Å²) in [5, 5.41) is 3.38. The molecule has 102 valence electrons. The number of ketones is 1. The van der Waals surface area contributed by atoms with E-state index in [2.05, 4.69) is 11.4 Å². The van der Waals surface area contributed by atoms with E-state index in [1.807, 2.05) is 44.2 Å². The van der Waals surface area contributed by atoms with Gasteiger partial charge in [-0.1, -0.05) is 30.3 Å². The van der Waals surface area contributed by atoms with Crippen LogP contribution in [0.3, 0.4) is 0 Å². The number of carbonyl (C=O) groups is 1. The van der Waals surface area contributed by atoms with Gasteiger partial charge in [0.2, 0.25) is 0 Å². The Hall–Kier alpha value is -2.09. The fourth-order valence-electron chi connectivity index (χ4n) is 2.86. The van der Waals surface area contributed by atoms with Gasteiger partial charge in [-0.15, -0.1) is 0 Å².